The van der Waals surface area contributed by atoms with Crippen molar-refractivity contribution >= 4 is 15.9 Å². The van der Waals surface area contributed by atoms with Gasteiger partial charge in [-0.25, -0.2) is 13.6 Å². The maximum atomic E-state index is 12.6. The molecule has 1 saturated heterocycles. The smallest absolute Gasteiger partial charge is 0.254 e. The molecule has 2 bridgehead atoms. The molecule has 1 aliphatic carbocycles. The molecule has 2 atom stereocenters. The fourth-order valence-electron chi connectivity index (χ4n) is 3.58. The Bertz CT molecular complexity index is 684. The minimum Gasteiger partial charge on any atom is -0.335 e. The number of piperidine rings is 1. The normalized spacial score (nSPS) is 24.6. The Morgan fingerprint density at radius 1 is 1.38 bits per heavy atom. The average Bonchev–Trinajstić information content (AvgIpc) is 3.07. The second kappa shape index (κ2) is 5.10. The van der Waals surface area contributed by atoms with E-state index < -0.39 is 10.0 Å². The third-order valence-electron chi connectivity index (χ3n) is 4.67. The van der Waals surface area contributed by atoms with Crippen LogP contribution in [0.3, 0.4) is 0 Å². The van der Waals surface area contributed by atoms with E-state index in [2.05, 4.69) is 0 Å². The van der Waals surface area contributed by atoms with Gasteiger partial charge in [-0.1, -0.05) is 13.0 Å². The molecule has 1 heterocycles. The van der Waals surface area contributed by atoms with Crippen molar-refractivity contribution in [2.75, 3.05) is 6.54 Å². The Labute approximate surface area is 125 Å². The van der Waals surface area contributed by atoms with Crippen molar-refractivity contribution in [2.45, 2.75) is 43.5 Å². The molecule has 21 heavy (non-hydrogen) atoms. The highest BCUT2D eigenvalue weighted by atomic mass is 32.2. The summed E-state index contributed by atoms with van der Waals surface area (Å²) in [5.41, 5.74) is 1.07. The molecule has 1 saturated carbocycles. The molecule has 2 aliphatic rings. The lowest BCUT2D eigenvalue weighted by molar-refractivity contribution is 0.0703. The minimum absolute atomic E-state index is 0.0696. The number of nitrogens with zero attached hydrogens (tertiary/aromatic N) is 1. The Morgan fingerprint density at radius 3 is 2.67 bits per heavy atom. The van der Waals surface area contributed by atoms with Crippen LogP contribution in [0.1, 0.15) is 42.1 Å². The van der Waals surface area contributed by atoms with Crippen LogP contribution in [0, 0.1) is 5.92 Å². The third kappa shape index (κ3) is 2.58. The van der Waals surface area contributed by atoms with Crippen molar-refractivity contribution in [1.29, 1.82) is 0 Å². The summed E-state index contributed by atoms with van der Waals surface area (Å²) in [6, 6.07) is 5.16. The Morgan fingerprint density at radius 2 is 2.14 bits per heavy atom. The summed E-state index contributed by atoms with van der Waals surface area (Å²) in [5.74, 6) is 0.543. The van der Waals surface area contributed by atoms with Crippen LogP contribution in [0.15, 0.2) is 23.1 Å². The monoisotopic (exact) mass is 308 g/mol. The molecule has 2 fully saturated rings. The average molecular weight is 308 g/mol. The number of hydrogen-bond acceptors (Lipinski definition) is 3. The van der Waals surface area contributed by atoms with E-state index in [-0.39, 0.29) is 10.8 Å². The van der Waals surface area contributed by atoms with Gasteiger partial charge in [-0.15, -0.1) is 0 Å². The SMILES string of the molecule is CCc1ccc(C(=O)N2CC3CCC2C3)cc1S(N)(=O)=O. The summed E-state index contributed by atoms with van der Waals surface area (Å²) in [4.78, 5) is 14.6. The molecular weight excluding hydrogens is 288 g/mol. The van der Waals surface area contributed by atoms with E-state index in [1.54, 1.807) is 12.1 Å². The standard InChI is InChI=1S/C15H20N2O3S/c1-2-11-4-5-12(8-14(11)21(16,19)20)15(18)17-9-10-3-6-13(17)7-10/h4-5,8,10,13H,2-3,6-7,9H2,1H3,(H2,16,19,20). The van der Waals surface area contributed by atoms with E-state index in [0.29, 0.717) is 29.5 Å². The van der Waals surface area contributed by atoms with Crippen LogP contribution in [-0.4, -0.2) is 31.8 Å². The van der Waals surface area contributed by atoms with Gasteiger partial charge in [-0.3, -0.25) is 4.79 Å². The highest BCUT2D eigenvalue weighted by Crippen LogP contribution is 2.38. The second-order valence-electron chi connectivity index (χ2n) is 6.01. The predicted octanol–water partition coefficient (Wildman–Crippen LogP) is 1.52. The fourth-order valence-corrected chi connectivity index (χ4v) is 4.45. The summed E-state index contributed by atoms with van der Waals surface area (Å²) < 4.78 is 23.4. The number of carbonyl (C=O) groups is 1. The van der Waals surface area contributed by atoms with Gasteiger partial charge in [-0.2, -0.15) is 0 Å². The third-order valence-corrected chi connectivity index (χ3v) is 5.66. The van der Waals surface area contributed by atoms with Gasteiger partial charge in [0, 0.05) is 18.2 Å². The lowest BCUT2D eigenvalue weighted by Crippen LogP contribution is -2.37. The Hall–Kier alpha value is -1.40. The number of primary sulfonamides is 1. The minimum atomic E-state index is -3.81. The van der Waals surface area contributed by atoms with Crippen LogP contribution < -0.4 is 5.14 Å². The summed E-state index contributed by atoms with van der Waals surface area (Å²) in [5, 5.41) is 5.26. The van der Waals surface area contributed by atoms with Gasteiger partial charge in [0.15, 0.2) is 0 Å². The molecular formula is C15H20N2O3S. The molecule has 5 nitrogen and oxygen atoms in total. The zero-order chi connectivity index (χ0) is 15.2. The maximum Gasteiger partial charge on any atom is 0.254 e. The quantitative estimate of drug-likeness (QED) is 0.919. The molecule has 1 amide bonds. The first-order valence-electron chi connectivity index (χ1n) is 7.37. The van der Waals surface area contributed by atoms with E-state index in [1.807, 2.05) is 11.8 Å². The van der Waals surface area contributed by atoms with E-state index in [1.165, 1.54) is 12.5 Å². The number of fused-ring (bicyclic) bond motifs is 2. The summed E-state index contributed by atoms with van der Waals surface area (Å²) in [6.07, 6.45) is 3.91. The van der Waals surface area contributed by atoms with Crippen LogP contribution in [0.5, 0.6) is 0 Å². The summed E-state index contributed by atoms with van der Waals surface area (Å²) in [6.45, 7) is 2.66. The topological polar surface area (TPSA) is 80.5 Å². The van der Waals surface area contributed by atoms with Crippen LogP contribution in [0.2, 0.25) is 0 Å². The van der Waals surface area contributed by atoms with Crippen molar-refractivity contribution in [2.24, 2.45) is 11.1 Å². The van der Waals surface area contributed by atoms with Gasteiger partial charge >= 0.3 is 0 Å². The number of amides is 1. The maximum absolute atomic E-state index is 12.6. The molecule has 0 radical (unpaired) electrons. The highest BCUT2D eigenvalue weighted by Gasteiger charge is 2.40. The van der Waals surface area contributed by atoms with Gasteiger partial charge in [0.2, 0.25) is 10.0 Å². The number of hydrogen-bond donors (Lipinski definition) is 1. The molecule has 2 N–H and O–H groups in total. The number of aryl methyl sites for hydroxylation is 1. The van der Waals surface area contributed by atoms with Gasteiger partial charge in [-0.05, 0) is 49.3 Å². The first-order chi connectivity index (χ1) is 9.90. The van der Waals surface area contributed by atoms with Gasteiger partial charge in [0.25, 0.3) is 5.91 Å². The van der Waals surface area contributed by atoms with E-state index in [0.717, 1.165) is 19.4 Å². The van der Waals surface area contributed by atoms with Crippen molar-refractivity contribution in [1.82, 2.24) is 4.90 Å². The lowest BCUT2D eigenvalue weighted by Gasteiger charge is -2.27. The summed E-state index contributed by atoms with van der Waals surface area (Å²) >= 11 is 0. The van der Waals surface area contributed by atoms with Crippen molar-refractivity contribution in [3.8, 4) is 0 Å². The van der Waals surface area contributed by atoms with E-state index in [4.69, 9.17) is 5.14 Å². The zero-order valence-electron chi connectivity index (χ0n) is 12.1. The molecule has 1 aromatic rings. The van der Waals surface area contributed by atoms with Crippen LogP contribution in [-0.2, 0) is 16.4 Å². The summed E-state index contributed by atoms with van der Waals surface area (Å²) in [7, 11) is -3.81. The van der Waals surface area contributed by atoms with Crippen molar-refractivity contribution in [3.63, 3.8) is 0 Å². The van der Waals surface area contributed by atoms with Crippen molar-refractivity contribution in [3.05, 3.63) is 29.3 Å². The molecule has 1 aliphatic heterocycles. The van der Waals surface area contributed by atoms with Gasteiger partial charge in [0.1, 0.15) is 0 Å². The molecule has 2 unspecified atom stereocenters. The number of benzene rings is 1. The molecule has 6 heteroatoms. The Balaban J connectivity index is 1.94. The fraction of sp³-hybridized carbons (Fsp3) is 0.533. The van der Waals surface area contributed by atoms with Crippen LogP contribution >= 0.6 is 0 Å². The lowest BCUT2D eigenvalue weighted by atomic mass is 10.1. The number of nitrogens with two attached hydrogens (primary N) is 1. The number of likely N-dealkylation sites (tertiary alicyclic amines) is 1. The molecule has 1 aromatic carbocycles. The van der Waals surface area contributed by atoms with Crippen molar-refractivity contribution < 1.29 is 13.2 Å². The predicted molar refractivity (Wildman–Crippen MR) is 79.4 cm³/mol. The van der Waals surface area contributed by atoms with Crippen LogP contribution in [0.4, 0.5) is 0 Å². The van der Waals surface area contributed by atoms with E-state index in [9.17, 15) is 13.2 Å². The first-order valence-corrected chi connectivity index (χ1v) is 8.91. The highest BCUT2D eigenvalue weighted by molar-refractivity contribution is 7.89. The zero-order valence-corrected chi connectivity index (χ0v) is 12.9. The largest absolute Gasteiger partial charge is 0.335 e. The number of rotatable bonds is 3. The van der Waals surface area contributed by atoms with Crippen LogP contribution in [0.25, 0.3) is 0 Å². The van der Waals surface area contributed by atoms with Gasteiger partial charge in [0.05, 0.1) is 4.90 Å². The molecule has 114 valence electrons. The Kier molecular flexibility index (Phi) is 3.53. The second-order valence-corrected chi connectivity index (χ2v) is 7.54. The molecule has 0 spiro atoms. The first kappa shape index (κ1) is 14.5. The van der Waals surface area contributed by atoms with E-state index >= 15 is 0 Å². The molecule has 3 rings (SSSR count). The van der Waals surface area contributed by atoms with Gasteiger partial charge < -0.3 is 4.90 Å². The number of sulfonamides is 1. The molecule has 0 aromatic heterocycles. The number of carbonyl (C=O) groups excluding carboxylic acids is 1.